The second-order valence-electron chi connectivity index (χ2n) is 8.83. The van der Waals surface area contributed by atoms with Crippen LogP contribution in [0.25, 0.3) is 27.8 Å². The normalized spacial score (nSPS) is 22.8. The van der Waals surface area contributed by atoms with Gasteiger partial charge in [-0.15, -0.1) is 5.10 Å². The van der Waals surface area contributed by atoms with Gasteiger partial charge in [-0.05, 0) is 31.9 Å². The second-order valence-corrected chi connectivity index (χ2v) is 8.83. The fourth-order valence-electron chi connectivity index (χ4n) is 4.78. The molecule has 0 amide bonds. The fraction of sp³-hybridized carbons (Fsp3) is 0.455. The van der Waals surface area contributed by atoms with Crippen molar-refractivity contribution in [1.82, 2.24) is 29.1 Å². The Kier molecular flexibility index (Phi) is 4.23. The molecule has 1 N–H and O–H groups in total. The van der Waals surface area contributed by atoms with Crippen LogP contribution in [0, 0.1) is 6.92 Å². The predicted molar refractivity (Wildman–Crippen MR) is 115 cm³/mol. The lowest BCUT2D eigenvalue weighted by molar-refractivity contribution is -0.103. The average molecular weight is 439 g/mol. The molecule has 0 aliphatic heterocycles. The average Bonchev–Trinajstić information content (AvgIpc) is 3.27. The summed E-state index contributed by atoms with van der Waals surface area (Å²) in [4.78, 5) is 13.5. The molecule has 4 heterocycles. The highest BCUT2D eigenvalue weighted by Gasteiger charge is 2.47. The van der Waals surface area contributed by atoms with E-state index in [0.717, 1.165) is 35.0 Å². The van der Waals surface area contributed by atoms with Gasteiger partial charge >= 0.3 is 0 Å². The molecular weight excluding hydrogens is 416 g/mol. The zero-order chi connectivity index (χ0) is 22.0. The highest BCUT2D eigenvalue weighted by Crippen LogP contribution is 2.47. The zero-order valence-electron chi connectivity index (χ0n) is 17.8. The number of ether oxygens (including phenoxy) is 1. The quantitative estimate of drug-likeness (QED) is 0.506. The van der Waals surface area contributed by atoms with Gasteiger partial charge in [0.25, 0.3) is 5.92 Å². The summed E-state index contributed by atoms with van der Waals surface area (Å²) in [6.45, 7) is 1.84. The van der Waals surface area contributed by atoms with Gasteiger partial charge in [0.2, 0.25) is 5.95 Å². The second kappa shape index (κ2) is 6.93. The van der Waals surface area contributed by atoms with Crippen molar-refractivity contribution in [2.75, 3.05) is 12.4 Å². The molecule has 4 aromatic heterocycles. The van der Waals surface area contributed by atoms with Crippen molar-refractivity contribution < 1.29 is 13.5 Å². The van der Waals surface area contributed by atoms with E-state index < -0.39 is 5.92 Å². The Morgan fingerprint density at radius 2 is 1.97 bits per heavy atom. The first-order valence-electron chi connectivity index (χ1n) is 10.8. The molecule has 2 aliphatic rings. The van der Waals surface area contributed by atoms with Crippen LogP contribution in [0.2, 0.25) is 0 Å². The van der Waals surface area contributed by atoms with Gasteiger partial charge in [-0.2, -0.15) is 0 Å². The van der Waals surface area contributed by atoms with Gasteiger partial charge in [0.05, 0.1) is 23.3 Å². The molecule has 0 atom stereocenters. The summed E-state index contributed by atoms with van der Waals surface area (Å²) in [5.74, 6) is -1.31. The van der Waals surface area contributed by atoms with E-state index >= 15 is 0 Å². The number of pyridine rings is 1. The monoisotopic (exact) mass is 439 g/mol. The summed E-state index contributed by atoms with van der Waals surface area (Å²) in [6, 6.07) is 4.01. The third kappa shape index (κ3) is 3.12. The summed E-state index contributed by atoms with van der Waals surface area (Å²) in [6.07, 6.45) is 7.31. The molecule has 2 aliphatic carbocycles. The molecule has 0 bridgehead atoms. The van der Waals surface area contributed by atoms with Gasteiger partial charge in [0.15, 0.2) is 5.65 Å². The van der Waals surface area contributed by atoms with E-state index in [0.29, 0.717) is 29.6 Å². The highest BCUT2D eigenvalue weighted by atomic mass is 19.3. The Balaban J connectivity index is 1.32. The van der Waals surface area contributed by atoms with Gasteiger partial charge in [-0.3, -0.25) is 0 Å². The van der Waals surface area contributed by atoms with Crippen molar-refractivity contribution in [3.05, 3.63) is 36.5 Å². The van der Waals surface area contributed by atoms with E-state index in [-0.39, 0.29) is 18.9 Å². The minimum atomic E-state index is -2.59. The number of hydrogen-bond donors (Lipinski definition) is 1. The van der Waals surface area contributed by atoms with Crippen LogP contribution in [-0.2, 0) is 4.74 Å². The highest BCUT2D eigenvalue weighted by molar-refractivity contribution is 5.85. The molecule has 10 heteroatoms. The first kappa shape index (κ1) is 19.5. The molecule has 32 heavy (non-hydrogen) atoms. The molecule has 0 saturated heterocycles. The number of anilines is 1. The van der Waals surface area contributed by atoms with Gasteiger partial charge in [0, 0.05) is 55.6 Å². The lowest BCUT2D eigenvalue weighted by atomic mass is 9.87. The van der Waals surface area contributed by atoms with E-state index in [2.05, 4.69) is 25.4 Å². The zero-order valence-corrected chi connectivity index (χ0v) is 17.8. The van der Waals surface area contributed by atoms with Gasteiger partial charge in [-0.1, -0.05) is 0 Å². The molecule has 166 valence electrons. The summed E-state index contributed by atoms with van der Waals surface area (Å²) in [5, 5.41) is 7.92. The Bertz CT molecular complexity index is 1320. The van der Waals surface area contributed by atoms with Crippen LogP contribution >= 0.6 is 0 Å². The van der Waals surface area contributed by atoms with Crippen LogP contribution in [0.5, 0.6) is 0 Å². The Morgan fingerprint density at radius 3 is 2.72 bits per heavy atom. The van der Waals surface area contributed by atoms with Crippen molar-refractivity contribution in [3.8, 4) is 11.1 Å². The maximum atomic E-state index is 13.5. The van der Waals surface area contributed by atoms with Crippen LogP contribution in [0.3, 0.4) is 0 Å². The maximum absolute atomic E-state index is 13.5. The van der Waals surface area contributed by atoms with Crippen LogP contribution < -0.4 is 5.32 Å². The van der Waals surface area contributed by atoms with E-state index in [1.165, 1.54) is 0 Å². The number of aryl methyl sites for hydroxylation is 1. The van der Waals surface area contributed by atoms with Crippen molar-refractivity contribution in [2.24, 2.45) is 0 Å². The number of halogens is 2. The van der Waals surface area contributed by atoms with Crippen LogP contribution in [0.4, 0.5) is 14.7 Å². The number of alkyl halides is 2. The lowest BCUT2D eigenvalue weighted by Crippen LogP contribution is -2.40. The molecule has 8 nitrogen and oxygen atoms in total. The number of aromatic nitrogens is 6. The maximum Gasteiger partial charge on any atom is 0.252 e. The fourth-order valence-corrected chi connectivity index (χ4v) is 4.78. The standard InChI is InChI=1S/C22H23F2N7O/c1-12-27-20-18(31(12)15-8-22(23,24)9-15)5-13(10-25-20)17-3-4-30-19(17)11-26-21(29-30)28-14-6-16(7-14)32-2/h3-5,10-11,14-16H,6-9H2,1-2H3,(H,28,29). The SMILES string of the molecule is COC1CC(Nc2ncc3c(-c4cnc5nc(C)n(C6CC(F)(F)C6)c5c4)ccn3n2)C1. The van der Waals surface area contributed by atoms with Crippen LogP contribution in [0.1, 0.15) is 37.5 Å². The lowest BCUT2D eigenvalue weighted by Gasteiger charge is -2.36. The minimum absolute atomic E-state index is 0.158. The number of nitrogens with zero attached hydrogens (tertiary/aromatic N) is 6. The number of hydrogen-bond acceptors (Lipinski definition) is 6. The van der Waals surface area contributed by atoms with Crippen molar-refractivity contribution in [3.63, 3.8) is 0 Å². The molecule has 0 spiro atoms. The molecule has 0 aromatic carbocycles. The summed E-state index contributed by atoms with van der Waals surface area (Å²) in [7, 11) is 1.73. The minimum Gasteiger partial charge on any atom is -0.381 e. The summed E-state index contributed by atoms with van der Waals surface area (Å²) < 4.78 is 36.0. The molecule has 4 aromatic rings. The van der Waals surface area contributed by atoms with E-state index in [1.807, 2.05) is 29.8 Å². The Hall–Kier alpha value is -3.14. The largest absolute Gasteiger partial charge is 0.381 e. The Labute approximate surface area is 182 Å². The number of nitrogens with one attached hydrogen (secondary N) is 1. The third-order valence-corrected chi connectivity index (χ3v) is 6.65. The number of methoxy groups -OCH3 is 1. The van der Waals surface area contributed by atoms with Gasteiger partial charge < -0.3 is 14.6 Å². The third-order valence-electron chi connectivity index (χ3n) is 6.65. The first-order chi connectivity index (χ1) is 15.4. The number of imidazole rings is 1. The molecule has 0 radical (unpaired) electrons. The van der Waals surface area contributed by atoms with E-state index in [1.54, 1.807) is 24.0 Å². The van der Waals surface area contributed by atoms with Crippen LogP contribution in [0.15, 0.2) is 30.7 Å². The predicted octanol–water partition coefficient (Wildman–Crippen LogP) is 4.01. The molecule has 6 rings (SSSR count). The topological polar surface area (TPSA) is 82.2 Å². The van der Waals surface area contributed by atoms with Crippen LogP contribution in [-0.4, -0.2) is 54.3 Å². The Morgan fingerprint density at radius 1 is 1.16 bits per heavy atom. The molecule has 0 unspecified atom stereocenters. The van der Waals surface area contributed by atoms with E-state index in [4.69, 9.17) is 4.74 Å². The van der Waals surface area contributed by atoms with E-state index in [9.17, 15) is 8.78 Å². The molecule has 2 saturated carbocycles. The smallest absolute Gasteiger partial charge is 0.252 e. The molecule has 2 fully saturated rings. The van der Waals surface area contributed by atoms with Crippen molar-refractivity contribution in [2.45, 2.75) is 56.7 Å². The van der Waals surface area contributed by atoms with Gasteiger partial charge in [-0.25, -0.2) is 28.2 Å². The number of fused-ring (bicyclic) bond motifs is 2. The first-order valence-corrected chi connectivity index (χ1v) is 10.8. The van der Waals surface area contributed by atoms with Gasteiger partial charge in [0.1, 0.15) is 5.82 Å². The van der Waals surface area contributed by atoms with Crippen molar-refractivity contribution >= 4 is 22.6 Å². The molecular formula is C22H23F2N7O. The summed E-state index contributed by atoms with van der Waals surface area (Å²) >= 11 is 0. The van der Waals surface area contributed by atoms with Crippen molar-refractivity contribution in [1.29, 1.82) is 0 Å². The number of rotatable bonds is 5. The summed E-state index contributed by atoms with van der Waals surface area (Å²) in [5.41, 5.74) is 3.99.